The molecule has 0 atom stereocenters. The molecule has 0 spiro atoms. The molecule has 0 aliphatic rings. The second-order valence-corrected chi connectivity index (χ2v) is 2.24. The van der Waals surface area contributed by atoms with Crippen LogP contribution in [-0.4, -0.2) is 7.05 Å². The SMILES string of the molecule is C[NH+](S)S.[Cl-]. The monoisotopic (exact) mass is 131 g/mol. The minimum atomic E-state index is 0. The number of thiol groups is 2. The first kappa shape index (κ1) is 9.34. The predicted molar refractivity (Wildman–Crippen MR) is 24.9 cm³/mol. The van der Waals surface area contributed by atoms with Crippen LogP contribution in [-0.2, 0) is 0 Å². The maximum Gasteiger partial charge on any atom is 0.0877 e. The maximum absolute atomic E-state index is 3.75. The molecule has 0 amide bonds. The second-order valence-electron chi connectivity index (χ2n) is 0.547. The van der Waals surface area contributed by atoms with Gasteiger partial charge in [-0.25, -0.2) is 3.71 Å². The van der Waals surface area contributed by atoms with Crippen LogP contribution in [0.4, 0.5) is 0 Å². The predicted octanol–water partition coefficient (Wildman–Crippen LogP) is -3.81. The first-order chi connectivity index (χ1) is 1.73. The van der Waals surface area contributed by atoms with Gasteiger partial charge in [0.05, 0.1) is 32.7 Å². The molecule has 5 heavy (non-hydrogen) atoms. The van der Waals surface area contributed by atoms with E-state index in [1.54, 1.807) is 0 Å². The molecule has 34 valence electrons. The van der Waals surface area contributed by atoms with Crippen LogP contribution in [0.5, 0.6) is 0 Å². The number of hydrogen-bond acceptors (Lipinski definition) is 2. The highest BCUT2D eigenvalue weighted by atomic mass is 35.5. The summed E-state index contributed by atoms with van der Waals surface area (Å²) in [5.74, 6) is 0. The van der Waals surface area contributed by atoms with Gasteiger partial charge in [-0.15, -0.1) is 0 Å². The molecule has 0 aromatic heterocycles. The van der Waals surface area contributed by atoms with Crippen LogP contribution in [0.1, 0.15) is 0 Å². The molecule has 0 aliphatic carbocycles. The molecule has 0 aromatic rings. The zero-order chi connectivity index (χ0) is 3.58. The molecule has 0 rings (SSSR count). The summed E-state index contributed by atoms with van der Waals surface area (Å²) >= 11 is 7.49. The molecule has 0 saturated carbocycles. The van der Waals surface area contributed by atoms with Crippen molar-refractivity contribution >= 4 is 25.6 Å². The molecule has 1 N–H and O–H groups in total. The van der Waals surface area contributed by atoms with Crippen LogP contribution in [0.25, 0.3) is 0 Å². The Hall–Kier alpha value is 0.950. The van der Waals surface area contributed by atoms with Crippen molar-refractivity contribution in [2.24, 2.45) is 0 Å². The third kappa shape index (κ3) is 47.7. The van der Waals surface area contributed by atoms with Crippen molar-refractivity contribution in [3.05, 3.63) is 0 Å². The molecule has 0 saturated heterocycles. The third-order valence-corrected chi connectivity index (χ3v) is 0. The lowest BCUT2D eigenvalue weighted by Crippen LogP contribution is -3.00. The number of hydrogen-bond donors (Lipinski definition) is 3. The first-order valence-corrected chi connectivity index (χ1v) is 1.84. The van der Waals surface area contributed by atoms with Crippen molar-refractivity contribution in [3.8, 4) is 0 Å². The number of halogens is 1. The zero-order valence-corrected chi connectivity index (χ0v) is 5.32. The molecule has 4 heteroatoms. The molecular weight excluding hydrogens is 126 g/mol. The van der Waals surface area contributed by atoms with E-state index >= 15 is 0 Å². The molecule has 1 nitrogen and oxygen atoms in total. The third-order valence-electron chi connectivity index (χ3n) is 0. The van der Waals surface area contributed by atoms with Crippen LogP contribution in [0, 0.1) is 0 Å². The van der Waals surface area contributed by atoms with E-state index < -0.39 is 0 Å². The van der Waals surface area contributed by atoms with Crippen LogP contribution in [0.15, 0.2) is 0 Å². The lowest BCUT2D eigenvalue weighted by atomic mass is 11.6. The minimum absolute atomic E-state index is 0. The lowest BCUT2D eigenvalue weighted by molar-refractivity contribution is -0.548. The Morgan fingerprint density at radius 2 is 1.40 bits per heavy atom. The van der Waals surface area contributed by atoms with Gasteiger partial charge in [0, 0.05) is 0 Å². The van der Waals surface area contributed by atoms with Gasteiger partial charge in [-0.05, 0) is 0 Å². The van der Waals surface area contributed by atoms with Crippen LogP contribution >= 0.6 is 25.6 Å². The number of quaternary nitrogens is 1. The second kappa shape index (κ2) is 4.95. The zero-order valence-electron chi connectivity index (χ0n) is 2.77. The Kier molecular flexibility index (Phi) is 9.25. The van der Waals surface area contributed by atoms with E-state index in [-0.39, 0.29) is 12.4 Å². The standard InChI is InChI=1S/CH5NS2.ClH/c1-2(3)4;/h3-4H,1H3;1H. The van der Waals surface area contributed by atoms with E-state index in [1.165, 1.54) is 0 Å². The Labute approximate surface area is 49.2 Å². The summed E-state index contributed by atoms with van der Waals surface area (Å²) in [6.45, 7) is 0. The van der Waals surface area contributed by atoms with Crippen LogP contribution in [0.2, 0.25) is 0 Å². The average Bonchev–Trinajstić information content (AvgIpc) is 0.811. The van der Waals surface area contributed by atoms with E-state index in [1.807, 2.05) is 7.05 Å². The van der Waals surface area contributed by atoms with E-state index in [0.29, 0.717) is 0 Å². The summed E-state index contributed by atoms with van der Waals surface area (Å²) in [7, 11) is 1.81. The first-order valence-electron chi connectivity index (χ1n) is 0.947. The molecular formula is CH6ClNS2. The van der Waals surface area contributed by atoms with E-state index in [0.717, 1.165) is 3.71 Å². The summed E-state index contributed by atoms with van der Waals surface area (Å²) in [6.07, 6.45) is 0. The van der Waals surface area contributed by atoms with E-state index in [9.17, 15) is 0 Å². The smallest absolute Gasteiger partial charge is 0.0877 e. The Morgan fingerprint density at radius 3 is 1.40 bits per heavy atom. The molecule has 0 aliphatic heterocycles. The largest absolute Gasteiger partial charge is 1.00 e. The van der Waals surface area contributed by atoms with Crippen LogP contribution < -0.4 is 16.1 Å². The van der Waals surface area contributed by atoms with Gasteiger partial charge in [-0.3, -0.25) is 0 Å². The highest BCUT2D eigenvalue weighted by Crippen LogP contribution is 1.39. The van der Waals surface area contributed by atoms with Crippen molar-refractivity contribution in [3.63, 3.8) is 0 Å². The van der Waals surface area contributed by atoms with Gasteiger partial charge in [0.2, 0.25) is 0 Å². The van der Waals surface area contributed by atoms with Gasteiger partial charge in [0.25, 0.3) is 0 Å². The molecule has 0 radical (unpaired) electrons. The number of nitrogens with one attached hydrogen (secondary N) is 1. The van der Waals surface area contributed by atoms with E-state index in [2.05, 4.69) is 25.6 Å². The number of rotatable bonds is 0. The Morgan fingerprint density at radius 1 is 1.40 bits per heavy atom. The highest BCUT2D eigenvalue weighted by Gasteiger charge is 1.67. The summed E-state index contributed by atoms with van der Waals surface area (Å²) < 4.78 is 0.806. The Bertz CT molecular complexity index is 14.4. The van der Waals surface area contributed by atoms with Crippen LogP contribution in [0.3, 0.4) is 0 Å². The molecule has 0 fully saturated rings. The van der Waals surface area contributed by atoms with Gasteiger partial charge in [0.1, 0.15) is 0 Å². The normalized spacial score (nSPS) is 7.20. The van der Waals surface area contributed by atoms with Crippen molar-refractivity contribution < 1.29 is 16.1 Å². The highest BCUT2D eigenvalue weighted by molar-refractivity contribution is 7.85. The fourth-order valence-corrected chi connectivity index (χ4v) is 0. The maximum atomic E-state index is 3.75. The fourth-order valence-electron chi connectivity index (χ4n) is 0. The van der Waals surface area contributed by atoms with Gasteiger partial charge in [-0.1, -0.05) is 0 Å². The summed E-state index contributed by atoms with van der Waals surface area (Å²) in [5.41, 5.74) is 0. The summed E-state index contributed by atoms with van der Waals surface area (Å²) in [6, 6.07) is 0. The minimum Gasteiger partial charge on any atom is -1.00 e. The fraction of sp³-hybridized carbons (Fsp3) is 1.00. The molecule has 0 bridgehead atoms. The van der Waals surface area contributed by atoms with Gasteiger partial charge < -0.3 is 12.4 Å². The van der Waals surface area contributed by atoms with Crippen molar-refractivity contribution in [2.45, 2.75) is 0 Å². The van der Waals surface area contributed by atoms with E-state index in [4.69, 9.17) is 0 Å². The summed E-state index contributed by atoms with van der Waals surface area (Å²) in [4.78, 5) is 0. The topological polar surface area (TPSA) is 4.44 Å². The van der Waals surface area contributed by atoms with Gasteiger partial charge in [0.15, 0.2) is 0 Å². The molecule has 0 aromatic carbocycles. The lowest BCUT2D eigenvalue weighted by Gasteiger charge is -1.81. The van der Waals surface area contributed by atoms with Crippen molar-refractivity contribution in [2.75, 3.05) is 7.05 Å². The molecule has 0 heterocycles. The van der Waals surface area contributed by atoms with Gasteiger partial charge >= 0.3 is 0 Å². The Balaban J connectivity index is 0. The van der Waals surface area contributed by atoms with Crippen molar-refractivity contribution in [1.82, 2.24) is 0 Å². The molecule has 0 unspecified atom stereocenters. The average molecular weight is 132 g/mol. The van der Waals surface area contributed by atoms with Gasteiger partial charge in [-0.2, -0.15) is 0 Å². The summed E-state index contributed by atoms with van der Waals surface area (Å²) in [5, 5.41) is 0. The quantitative estimate of drug-likeness (QED) is 0.277. The van der Waals surface area contributed by atoms with Crippen molar-refractivity contribution in [1.29, 1.82) is 0 Å².